The largest absolute Gasteiger partial charge is 0.481 e. The summed E-state index contributed by atoms with van der Waals surface area (Å²) in [7, 11) is 0. The Kier molecular flexibility index (Phi) is 11.0. The minimum absolute atomic E-state index is 0.0640. The highest BCUT2D eigenvalue weighted by Gasteiger charge is 2.11. The van der Waals surface area contributed by atoms with Crippen molar-refractivity contribution in [2.45, 2.75) is 32.6 Å². The number of anilines is 2. The lowest BCUT2D eigenvalue weighted by Gasteiger charge is -2.08. The quantitative estimate of drug-likeness (QED) is 0.243. The summed E-state index contributed by atoms with van der Waals surface area (Å²) >= 11 is 0. The van der Waals surface area contributed by atoms with Gasteiger partial charge < -0.3 is 26.0 Å². The molecule has 2 aromatic rings. The topological polar surface area (TPSA) is 213 Å². The van der Waals surface area contributed by atoms with Gasteiger partial charge in [-0.1, -0.05) is 12.1 Å². The van der Waals surface area contributed by atoms with Gasteiger partial charge in [0.2, 0.25) is 11.8 Å². The summed E-state index contributed by atoms with van der Waals surface area (Å²) in [6.07, 6.45) is -0.853. The second-order valence-electron chi connectivity index (χ2n) is 7.03. The first-order valence-corrected chi connectivity index (χ1v) is 10.0. The SMILES string of the molecule is Cc1ccc(C(=O)O)cc1NC(=O)CCC(=O)O.O=C(O)CCC(=O)Nc1cccc([N+](=O)[O-])c1. The van der Waals surface area contributed by atoms with Gasteiger partial charge in [-0.25, -0.2) is 4.79 Å². The molecular weight excluding hydrogens is 466 g/mol. The normalized spacial score (nSPS) is 9.74. The number of non-ortho nitro benzene ring substituents is 1. The molecule has 0 unspecified atom stereocenters. The lowest BCUT2D eigenvalue weighted by Crippen LogP contribution is -2.14. The van der Waals surface area contributed by atoms with Crippen molar-refractivity contribution in [2.75, 3.05) is 10.6 Å². The summed E-state index contributed by atoms with van der Waals surface area (Å²) in [5, 5.41) is 41.0. The van der Waals surface area contributed by atoms with Gasteiger partial charge >= 0.3 is 17.9 Å². The number of carboxylic acid groups (broad SMARTS) is 3. The highest BCUT2D eigenvalue weighted by molar-refractivity contribution is 5.95. The molecule has 0 heterocycles. The molecule has 0 saturated heterocycles. The molecule has 35 heavy (non-hydrogen) atoms. The number of amides is 2. The first-order valence-electron chi connectivity index (χ1n) is 10.0. The van der Waals surface area contributed by atoms with E-state index in [0.717, 1.165) is 0 Å². The van der Waals surface area contributed by atoms with Crippen LogP contribution in [0.2, 0.25) is 0 Å². The number of hydrogen-bond acceptors (Lipinski definition) is 7. The van der Waals surface area contributed by atoms with E-state index in [1.165, 1.54) is 36.4 Å². The fourth-order valence-electron chi connectivity index (χ4n) is 2.46. The summed E-state index contributed by atoms with van der Waals surface area (Å²) < 4.78 is 0. The first-order chi connectivity index (χ1) is 16.4. The van der Waals surface area contributed by atoms with Crippen molar-refractivity contribution in [3.05, 3.63) is 63.7 Å². The molecule has 13 heteroatoms. The zero-order valence-corrected chi connectivity index (χ0v) is 18.5. The van der Waals surface area contributed by atoms with E-state index in [4.69, 9.17) is 15.3 Å². The molecule has 2 aromatic carbocycles. The molecule has 0 aliphatic heterocycles. The maximum absolute atomic E-state index is 11.4. The Hall–Kier alpha value is -4.81. The number of aryl methyl sites for hydroxylation is 1. The Morgan fingerprint density at radius 1 is 0.829 bits per heavy atom. The maximum atomic E-state index is 11.4. The molecule has 13 nitrogen and oxygen atoms in total. The Labute approximate surface area is 198 Å². The zero-order chi connectivity index (χ0) is 26.5. The molecule has 0 spiro atoms. The fraction of sp³-hybridized carbons (Fsp3) is 0.227. The van der Waals surface area contributed by atoms with Crippen LogP contribution in [-0.4, -0.2) is 50.0 Å². The number of nitrogens with zero attached hydrogens (tertiary/aromatic N) is 1. The highest BCUT2D eigenvalue weighted by atomic mass is 16.6. The molecule has 2 amide bonds. The molecule has 2 rings (SSSR count). The van der Waals surface area contributed by atoms with Crippen LogP contribution >= 0.6 is 0 Å². The van der Waals surface area contributed by atoms with Crippen LogP contribution in [0.15, 0.2) is 42.5 Å². The van der Waals surface area contributed by atoms with Crippen molar-refractivity contribution in [2.24, 2.45) is 0 Å². The molecule has 186 valence electrons. The van der Waals surface area contributed by atoms with Gasteiger partial charge in [-0.05, 0) is 30.7 Å². The number of hydrogen-bond donors (Lipinski definition) is 5. The maximum Gasteiger partial charge on any atom is 0.335 e. The van der Waals surface area contributed by atoms with Crippen molar-refractivity contribution in [1.82, 2.24) is 0 Å². The van der Waals surface area contributed by atoms with E-state index in [-0.39, 0.29) is 42.6 Å². The van der Waals surface area contributed by atoms with Crippen LogP contribution in [0.5, 0.6) is 0 Å². The highest BCUT2D eigenvalue weighted by Crippen LogP contribution is 2.18. The molecule has 0 aliphatic rings. The van der Waals surface area contributed by atoms with Gasteiger partial charge in [-0.15, -0.1) is 0 Å². The van der Waals surface area contributed by atoms with E-state index in [9.17, 15) is 34.1 Å². The molecule has 0 aromatic heterocycles. The zero-order valence-electron chi connectivity index (χ0n) is 18.5. The predicted octanol–water partition coefficient (Wildman–Crippen LogP) is 2.89. The van der Waals surface area contributed by atoms with Crippen LogP contribution in [0.1, 0.15) is 41.6 Å². The molecule has 0 atom stereocenters. The number of carbonyl (C=O) groups excluding carboxylic acids is 2. The van der Waals surface area contributed by atoms with E-state index < -0.39 is 34.6 Å². The summed E-state index contributed by atoms with van der Waals surface area (Å²) in [5.74, 6) is -4.16. The van der Waals surface area contributed by atoms with Gasteiger partial charge in [0, 0.05) is 36.3 Å². The van der Waals surface area contributed by atoms with Gasteiger partial charge in [0.15, 0.2) is 0 Å². The first kappa shape index (κ1) is 28.2. The third-order valence-corrected chi connectivity index (χ3v) is 4.23. The van der Waals surface area contributed by atoms with E-state index in [0.29, 0.717) is 11.3 Å². The van der Waals surface area contributed by atoms with Crippen LogP contribution in [0.3, 0.4) is 0 Å². The fourth-order valence-corrected chi connectivity index (χ4v) is 2.46. The Morgan fingerprint density at radius 3 is 1.91 bits per heavy atom. The Balaban J connectivity index is 0.000000351. The van der Waals surface area contributed by atoms with Crippen molar-refractivity contribution in [1.29, 1.82) is 0 Å². The summed E-state index contributed by atoms with van der Waals surface area (Å²) in [6.45, 7) is 1.72. The number of aliphatic carboxylic acids is 2. The molecule has 0 bridgehead atoms. The minimum atomic E-state index is -1.09. The van der Waals surface area contributed by atoms with E-state index in [2.05, 4.69) is 10.6 Å². The number of nitro benzene ring substituents is 1. The minimum Gasteiger partial charge on any atom is -0.481 e. The number of nitrogens with one attached hydrogen (secondary N) is 2. The van der Waals surface area contributed by atoms with Crippen LogP contribution in [0.4, 0.5) is 17.1 Å². The predicted molar refractivity (Wildman–Crippen MR) is 122 cm³/mol. The van der Waals surface area contributed by atoms with E-state index in [1.807, 2.05) is 0 Å². The van der Waals surface area contributed by atoms with Crippen molar-refractivity contribution in [3.8, 4) is 0 Å². The molecular formula is C22H23N3O10. The summed E-state index contributed by atoms with van der Waals surface area (Å²) in [6, 6.07) is 9.79. The van der Waals surface area contributed by atoms with Crippen LogP contribution in [0, 0.1) is 17.0 Å². The van der Waals surface area contributed by atoms with Crippen molar-refractivity contribution >= 4 is 46.8 Å². The second-order valence-corrected chi connectivity index (χ2v) is 7.03. The number of rotatable bonds is 10. The molecule has 0 saturated carbocycles. The summed E-state index contributed by atoms with van der Waals surface area (Å²) in [4.78, 5) is 63.9. The van der Waals surface area contributed by atoms with Crippen LogP contribution in [0.25, 0.3) is 0 Å². The third-order valence-electron chi connectivity index (χ3n) is 4.23. The molecule has 0 fully saturated rings. The van der Waals surface area contributed by atoms with Gasteiger partial charge in [0.05, 0.1) is 23.3 Å². The molecule has 0 radical (unpaired) electrons. The molecule has 0 aliphatic carbocycles. The van der Waals surface area contributed by atoms with E-state index >= 15 is 0 Å². The number of nitro groups is 1. The van der Waals surface area contributed by atoms with Crippen molar-refractivity contribution in [3.63, 3.8) is 0 Å². The summed E-state index contributed by atoms with van der Waals surface area (Å²) in [5.41, 5.74) is 1.29. The smallest absolute Gasteiger partial charge is 0.335 e. The monoisotopic (exact) mass is 489 g/mol. The molecule has 5 N–H and O–H groups in total. The van der Waals surface area contributed by atoms with Gasteiger partial charge in [-0.2, -0.15) is 0 Å². The average Bonchev–Trinajstić information content (AvgIpc) is 2.78. The van der Waals surface area contributed by atoms with E-state index in [1.54, 1.807) is 13.0 Å². The van der Waals surface area contributed by atoms with Gasteiger partial charge in [0.1, 0.15) is 0 Å². The lowest BCUT2D eigenvalue weighted by atomic mass is 10.1. The number of aromatic carboxylic acids is 1. The van der Waals surface area contributed by atoms with Crippen molar-refractivity contribution < 1.29 is 44.2 Å². The van der Waals surface area contributed by atoms with Crippen LogP contribution < -0.4 is 10.6 Å². The average molecular weight is 489 g/mol. The number of benzene rings is 2. The lowest BCUT2D eigenvalue weighted by molar-refractivity contribution is -0.384. The Morgan fingerprint density at radius 2 is 1.40 bits per heavy atom. The standard InChI is InChI=1S/C12H13NO5.C10H10N2O5/c1-7-2-3-8(12(17)18)6-9(7)13-10(14)4-5-11(15)16;13-9(4-5-10(14)15)11-7-2-1-3-8(6-7)12(16)17/h2-3,6H,4-5H2,1H3,(H,13,14)(H,15,16)(H,17,18);1-3,6H,4-5H2,(H,11,13)(H,14,15). The third kappa shape index (κ3) is 11.1. The number of carbonyl (C=O) groups is 5. The van der Waals surface area contributed by atoms with Crippen LogP contribution in [-0.2, 0) is 19.2 Å². The second kappa shape index (κ2) is 13.7. The number of carboxylic acids is 3. The van der Waals surface area contributed by atoms with Gasteiger partial charge in [-0.3, -0.25) is 29.3 Å². The Bertz CT molecular complexity index is 1130. The van der Waals surface area contributed by atoms with Gasteiger partial charge in [0.25, 0.3) is 5.69 Å².